The minimum atomic E-state index is -5.08. The van der Waals surface area contributed by atoms with Gasteiger partial charge in [0.1, 0.15) is 0 Å². The second kappa shape index (κ2) is 10.4. The molecule has 0 bridgehead atoms. The number of likely N-dealkylation sites (N-methyl/N-ethyl adjacent to an activating group) is 1. The van der Waals surface area contributed by atoms with Crippen LogP contribution in [0, 0.1) is 5.92 Å². The molecule has 0 unspecified atom stereocenters. The summed E-state index contributed by atoms with van der Waals surface area (Å²) in [5.41, 5.74) is 0.660. The Balaban J connectivity index is 0.000000360. The normalized spacial score (nSPS) is 23.3. The van der Waals surface area contributed by atoms with Gasteiger partial charge in [0.15, 0.2) is 11.5 Å². The Bertz CT molecular complexity index is 819. The molecule has 4 rings (SSSR count). The molecule has 3 aliphatic heterocycles. The molecule has 11 heteroatoms. The van der Waals surface area contributed by atoms with Crippen molar-refractivity contribution in [2.24, 2.45) is 5.92 Å². The molecule has 1 aromatic rings. The predicted molar refractivity (Wildman–Crippen MR) is 107 cm³/mol. The molecule has 3 heterocycles. The van der Waals surface area contributed by atoms with Crippen molar-refractivity contribution in [3.63, 3.8) is 0 Å². The molecule has 2 saturated heterocycles. The number of carbonyl (C=O) groups excluding carboxylic acids is 1. The average Bonchev–Trinajstić information content (AvgIpc) is 2.91. The van der Waals surface area contributed by atoms with Crippen LogP contribution in [-0.2, 0) is 9.53 Å². The number of hydrogen-bond donors (Lipinski definition) is 1. The SMILES string of the molecule is CCN1CCO[C@@H]2CN(C(=O)c3ccc4c(c3)OCCCO4)C[C@@H]2C1.O=C(O)C(F)(F)F. The molecule has 2 atom stereocenters. The van der Waals surface area contributed by atoms with Crippen LogP contribution < -0.4 is 9.47 Å². The van der Waals surface area contributed by atoms with Crippen molar-refractivity contribution in [3.05, 3.63) is 23.8 Å². The fraction of sp³-hybridized carbons (Fsp3) is 0.619. The van der Waals surface area contributed by atoms with Gasteiger partial charge >= 0.3 is 12.1 Å². The highest BCUT2D eigenvalue weighted by atomic mass is 19.4. The maximum Gasteiger partial charge on any atom is 0.490 e. The molecule has 2 fully saturated rings. The van der Waals surface area contributed by atoms with Gasteiger partial charge in [0.05, 0.1) is 25.9 Å². The van der Waals surface area contributed by atoms with E-state index in [2.05, 4.69) is 11.8 Å². The van der Waals surface area contributed by atoms with Crippen LogP contribution in [0.2, 0.25) is 0 Å². The zero-order valence-corrected chi connectivity index (χ0v) is 17.8. The Labute approximate surface area is 183 Å². The van der Waals surface area contributed by atoms with E-state index in [-0.39, 0.29) is 12.0 Å². The van der Waals surface area contributed by atoms with Gasteiger partial charge in [0.25, 0.3) is 5.91 Å². The van der Waals surface area contributed by atoms with Gasteiger partial charge in [0, 0.05) is 44.1 Å². The fourth-order valence-electron chi connectivity index (χ4n) is 3.89. The number of likely N-dealkylation sites (tertiary alicyclic amines) is 1. The molecule has 0 aliphatic carbocycles. The lowest BCUT2D eigenvalue weighted by molar-refractivity contribution is -0.192. The average molecular weight is 460 g/mol. The molecule has 1 aromatic carbocycles. The highest BCUT2D eigenvalue weighted by Gasteiger charge is 2.39. The number of fused-ring (bicyclic) bond motifs is 2. The maximum absolute atomic E-state index is 13.0. The van der Waals surface area contributed by atoms with E-state index >= 15 is 0 Å². The van der Waals surface area contributed by atoms with Crippen molar-refractivity contribution in [2.45, 2.75) is 25.6 Å². The van der Waals surface area contributed by atoms with E-state index in [1.54, 1.807) is 0 Å². The Morgan fingerprint density at radius 1 is 1.09 bits per heavy atom. The summed E-state index contributed by atoms with van der Waals surface area (Å²) in [6, 6.07) is 5.50. The van der Waals surface area contributed by atoms with E-state index in [1.807, 2.05) is 23.1 Å². The van der Waals surface area contributed by atoms with Crippen LogP contribution in [0.15, 0.2) is 18.2 Å². The largest absolute Gasteiger partial charge is 0.490 e. The van der Waals surface area contributed by atoms with Gasteiger partial charge < -0.3 is 29.1 Å². The second-order valence-electron chi connectivity index (χ2n) is 7.79. The molecular formula is C21H27F3N2O6. The third-order valence-corrected chi connectivity index (χ3v) is 5.58. The fourth-order valence-corrected chi connectivity index (χ4v) is 3.89. The van der Waals surface area contributed by atoms with Crippen LogP contribution in [0.5, 0.6) is 11.5 Å². The number of carboxylic acid groups (broad SMARTS) is 1. The lowest BCUT2D eigenvalue weighted by atomic mass is 10.1. The molecule has 0 radical (unpaired) electrons. The van der Waals surface area contributed by atoms with Crippen LogP contribution >= 0.6 is 0 Å². The molecule has 1 N–H and O–H groups in total. The number of nitrogens with zero attached hydrogens (tertiary/aromatic N) is 2. The van der Waals surface area contributed by atoms with Crippen LogP contribution in [0.25, 0.3) is 0 Å². The first-order valence-electron chi connectivity index (χ1n) is 10.5. The van der Waals surface area contributed by atoms with Gasteiger partial charge in [-0.3, -0.25) is 4.79 Å². The Kier molecular flexibility index (Phi) is 7.83. The quantitative estimate of drug-likeness (QED) is 0.725. The summed E-state index contributed by atoms with van der Waals surface area (Å²) in [4.78, 5) is 26.2. The molecule has 8 nitrogen and oxygen atoms in total. The van der Waals surface area contributed by atoms with E-state index in [4.69, 9.17) is 24.1 Å². The van der Waals surface area contributed by atoms with Gasteiger partial charge in [0.2, 0.25) is 0 Å². The highest BCUT2D eigenvalue weighted by molar-refractivity contribution is 5.95. The van der Waals surface area contributed by atoms with Crippen molar-refractivity contribution in [1.29, 1.82) is 0 Å². The lowest BCUT2D eigenvalue weighted by Gasteiger charge is -2.21. The van der Waals surface area contributed by atoms with E-state index in [9.17, 15) is 18.0 Å². The minimum absolute atomic E-state index is 0.0513. The predicted octanol–water partition coefficient (Wildman–Crippen LogP) is 2.27. The number of rotatable bonds is 2. The first-order chi connectivity index (χ1) is 15.2. The summed E-state index contributed by atoms with van der Waals surface area (Å²) in [6.45, 7) is 8.66. The zero-order chi connectivity index (χ0) is 23.3. The minimum Gasteiger partial charge on any atom is -0.490 e. The number of halogens is 3. The van der Waals surface area contributed by atoms with Gasteiger partial charge in [-0.25, -0.2) is 4.79 Å². The number of aliphatic carboxylic acids is 1. The van der Waals surface area contributed by atoms with Crippen molar-refractivity contribution in [1.82, 2.24) is 9.80 Å². The third-order valence-electron chi connectivity index (χ3n) is 5.58. The standard InChI is InChI=1S/C19H26N2O4.C2HF3O2/c1-2-20-6-9-25-18-13-21(12-15(18)11-20)19(22)14-4-5-16-17(10-14)24-8-3-7-23-16;3-2(4,5)1(6)7/h4-5,10,15,18H,2-3,6-9,11-13H2,1H3;(H,6,7)/t15-,18+;/m0./s1. The molecule has 32 heavy (non-hydrogen) atoms. The molecule has 3 aliphatic rings. The number of amides is 1. The van der Waals surface area contributed by atoms with Crippen molar-refractivity contribution >= 4 is 11.9 Å². The van der Waals surface area contributed by atoms with E-state index in [1.165, 1.54) is 0 Å². The van der Waals surface area contributed by atoms with Gasteiger partial charge in [-0.2, -0.15) is 13.2 Å². The number of carboxylic acids is 1. The number of benzene rings is 1. The number of ether oxygens (including phenoxy) is 3. The second-order valence-corrected chi connectivity index (χ2v) is 7.79. The summed E-state index contributed by atoms with van der Waals surface area (Å²) in [7, 11) is 0. The van der Waals surface area contributed by atoms with Crippen LogP contribution in [0.4, 0.5) is 13.2 Å². The molecule has 178 valence electrons. The molecule has 0 saturated carbocycles. The Morgan fingerprint density at radius 3 is 2.44 bits per heavy atom. The summed E-state index contributed by atoms with van der Waals surface area (Å²) < 4.78 is 49.1. The molecule has 1 amide bonds. The molecule has 0 aromatic heterocycles. The molecular weight excluding hydrogens is 433 g/mol. The van der Waals surface area contributed by atoms with Crippen molar-refractivity contribution in [2.75, 3.05) is 52.5 Å². The molecule has 0 spiro atoms. The van der Waals surface area contributed by atoms with Crippen molar-refractivity contribution < 1.29 is 42.1 Å². The third kappa shape index (κ3) is 6.04. The summed E-state index contributed by atoms with van der Waals surface area (Å²) >= 11 is 0. The van der Waals surface area contributed by atoms with Crippen LogP contribution in [-0.4, -0.2) is 91.6 Å². The number of hydrogen-bond acceptors (Lipinski definition) is 6. The first-order valence-corrected chi connectivity index (χ1v) is 10.5. The van der Waals surface area contributed by atoms with E-state index < -0.39 is 12.1 Å². The number of carbonyl (C=O) groups is 2. The lowest BCUT2D eigenvalue weighted by Crippen LogP contribution is -2.33. The van der Waals surface area contributed by atoms with Crippen LogP contribution in [0.3, 0.4) is 0 Å². The van der Waals surface area contributed by atoms with Gasteiger partial charge in [-0.1, -0.05) is 6.92 Å². The highest BCUT2D eigenvalue weighted by Crippen LogP contribution is 2.32. The van der Waals surface area contributed by atoms with Crippen LogP contribution in [0.1, 0.15) is 23.7 Å². The van der Waals surface area contributed by atoms with Gasteiger partial charge in [-0.05, 0) is 24.7 Å². The Hall–Kier alpha value is -2.53. The Morgan fingerprint density at radius 2 is 1.78 bits per heavy atom. The summed E-state index contributed by atoms with van der Waals surface area (Å²) in [5, 5.41) is 7.12. The summed E-state index contributed by atoms with van der Waals surface area (Å²) in [5.74, 6) is -0.914. The van der Waals surface area contributed by atoms with E-state index in [0.29, 0.717) is 37.0 Å². The maximum atomic E-state index is 13.0. The van der Waals surface area contributed by atoms with E-state index in [0.717, 1.165) is 45.0 Å². The zero-order valence-electron chi connectivity index (χ0n) is 17.8. The smallest absolute Gasteiger partial charge is 0.490 e. The number of alkyl halides is 3. The monoisotopic (exact) mass is 460 g/mol. The first kappa shape index (κ1) is 24.1. The van der Waals surface area contributed by atoms with Gasteiger partial charge in [-0.15, -0.1) is 0 Å². The van der Waals surface area contributed by atoms with Crippen molar-refractivity contribution in [3.8, 4) is 11.5 Å². The topological polar surface area (TPSA) is 88.5 Å². The summed E-state index contributed by atoms with van der Waals surface area (Å²) in [6.07, 6.45) is -4.07.